The fraction of sp³-hybridized carbons (Fsp3) is 0.500. The molecule has 2 amide bonds. The Balaban J connectivity index is 2.01. The number of fused-ring (bicyclic) bond motifs is 1. The van der Waals surface area contributed by atoms with Crippen LogP contribution in [0.3, 0.4) is 0 Å². The molecule has 7 heteroatoms. The minimum absolute atomic E-state index is 0.0106. The normalized spacial score (nSPS) is 12.7. The third-order valence-electron chi connectivity index (χ3n) is 3.67. The molecule has 0 saturated carbocycles. The first-order valence-corrected chi connectivity index (χ1v) is 8.31. The fourth-order valence-corrected chi connectivity index (χ4v) is 2.94. The standard InChI is InChI=1S/C18H26N4O3/c1-11(10-18(2,3)4)8-15(23)19-12-6-7-13-14(9-12)21-16(20-13)22-17(24)25-5/h6-7,9,11H,8,10H2,1-5H3,(H,19,23)(H2,20,21,22,24). The summed E-state index contributed by atoms with van der Waals surface area (Å²) in [4.78, 5) is 30.6. The van der Waals surface area contributed by atoms with Gasteiger partial charge < -0.3 is 15.0 Å². The lowest BCUT2D eigenvalue weighted by molar-refractivity contribution is -0.117. The Morgan fingerprint density at radius 1 is 1.28 bits per heavy atom. The molecular formula is C18H26N4O3. The van der Waals surface area contributed by atoms with E-state index in [1.54, 1.807) is 18.2 Å². The average molecular weight is 346 g/mol. The van der Waals surface area contributed by atoms with Crippen molar-refractivity contribution in [1.29, 1.82) is 0 Å². The molecule has 1 atom stereocenters. The molecule has 0 aliphatic rings. The molecule has 1 aromatic heterocycles. The molecule has 0 radical (unpaired) electrons. The predicted octanol–water partition coefficient (Wildman–Crippen LogP) is 4.14. The first kappa shape index (κ1) is 18.8. The summed E-state index contributed by atoms with van der Waals surface area (Å²) < 4.78 is 4.53. The molecule has 2 aromatic rings. The van der Waals surface area contributed by atoms with Gasteiger partial charge in [-0.15, -0.1) is 0 Å². The summed E-state index contributed by atoms with van der Waals surface area (Å²) in [5.41, 5.74) is 2.29. The number of aromatic amines is 1. The van der Waals surface area contributed by atoms with Gasteiger partial charge in [-0.3, -0.25) is 10.1 Å². The van der Waals surface area contributed by atoms with E-state index in [2.05, 4.69) is 53.0 Å². The Morgan fingerprint density at radius 3 is 2.64 bits per heavy atom. The minimum atomic E-state index is -0.597. The van der Waals surface area contributed by atoms with Gasteiger partial charge in [0, 0.05) is 12.1 Å². The van der Waals surface area contributed by atoms with Crippen molar-refractivity contribution in [3.8, 4) is 0 Å². The molecule has 0 saturated heterocycles. The number of benzene rings is 1. The maximum absolute atomic E-state index is 12.2. The number of carbonyl (C=O) groups is 2. The molecule has 1 unspecified atom stereocenters. The predicted molar refractivity (Wildman–Crippen MR) is 98.6 cm³/mol. The Kier molecular flexibility index (Phi) is 5.66. The van der Waals surface area contributed by atoms with Crippen LogP contribution in [0.5, 0.6) is 0 Å². The van der Waals surface area contributed by atoms with E-state index < -0.39 is 6.09 Å². The smallest absolute Gasteiger partial charge is 0.413 e. The van der Waals surface area contributed by atoms with E-state index in [1.165, 1.54) is 7.11 Å². The molecule has 25 heavy (non-hydrogen) atoms. The van der Waals surface area contributed by atoms with Crippen molar-refractivity contribution in [1.82, 2.24) is 9.97 Å². The number of aromatic nitrogens is 2. The van der Waals surface area contributed by atoms with Crippen LogP contribution >= 0.6 is 0 Å². The van der Waals surface area contributed by atoms with E-state index >= 15 is 0 Å². The van der Waals surface area contributed by atoms with Crippen LogP contribution in [0.25, 0.3) is 11.0 Å². The van der Waals surface area contributed by atoms with Crippen molar-refractivity contribution in [2.45, 2.75) is 40.5 Å². The lowest BCUT2D eigenvalue weighted by Gasteiger charge is -2.22. The average Bonchev–Trinajstić information content (AvgIpc) is 2.86. The summed E-state index contributed by atoms with van der Waals surface area (Å²) in [6, 6.07) is 5.36. The largest absolute Gasteiger partial charge is 0.453 e. The first-order chi connectivity index (χ1) is 11.7. The molecule has 0 bridgehead atoms. The van der Waals surface area contributed by atoms with Crippen molar-refractivity contribution in [3.63, 3.8) is 0 Å². The summed E-state index contributed by atoms with van der Waals surface area (Å²) in [5, 5.41) is 5.39. The number of nitrogens with zero attached hydrogens (tertiary/aromatic N) is 1. The number of carbonyl (C=O) groups excluding carboxylic acids is 2. The summed E-state index contributed by atoms with van der Waals surface area (Å²) in [7, 11) is 1.28. The molecule has 0 aliphatic heterocycles. The van der Waals surface area contributed by atoms with Gasteiger partial charge in [0.2, 0.25) is 11.9 Å². The van der Waals surface area contributed by atoms with Crippen LogP contribution in [0, 0.1) is 11.3 Å². The van der Waals surface area contributed by atoms with Gasteiger partial charge >= 0.3 is 6.09 Å². The summed E-state index contributed by atoms with van der Waals surface area (Å²) >= 11 is 0. The second kappa shape index (κ2) is 7.55. The lowest BCUT2D eigenvalue weighted by Crippen LogP contribution is -2.18. The van der Waals surface area contributed by atoms with E-state index in [0.717, 1.165) is 6.42 Å². The van der Waals surface area contributed by atoms with Gasteiger partial charge in [0.1, 0.15) is 0 Å². The lowest BCUT2D eigenvalue weighted by atomic mass is 9.84. The van der Waals surface area contributed by atoms with E-state index in [9.17, 15) is 9.59 Å². The number of rotatable bonds is 5. The number of hydrogen-bond donors (Lipinski definition) is 3. The molecular weight excluding hydrogens is 320 g/mol. The van der Waals surface area contributed by atoms with Gasteiger partial charge in [0.25, 0.3) is 0 Å². The first-order valence-electron chi connectivity index (χ1n) is 8.31. The second-order valence-electron chi connectivity index (χ2n) is 7.56. The van der Waals surface area contributed by atoms with Crippen LogP contribution in [-0.2, 0) is 9.53 Å². The Bertz CT molecular complexity index is 761. The maximum Gasteiger partial charge on any atom is 0.413 e. The maximum atomic E-state index is 12.2. The van der Waals surface area contributed by atoms with Crippen molar-refractivity contribution < 1.29 is 14.3 Å². The van der Waals surface area contributed by atoms with Crippen molar-refractivity contribution in [3.05, 3.63) is 18.2 Å². The molecule has 0 fully saturated rings. The number of imidazole rings is 1. The molecule has 1 heterocycles. The van der Waals surface area contributed by atoms with E-state index in [-0.39, 0.29) is 11.3 Å². The third kappa shape index (κ3) is 5.77. The van der Waals surface area contributed by atoms with Crippen LogP contribution in [0.2, 0.25) is 0 Å². The number of amides is 2. The van der Waals surface area contributed by atoms with E-state index in [4.69, 9.17) is 0 Å². The highest BCUT2D eigenvalue weighted by Gasteiger charge is 2.18. The Morgan fingerprint density at radius 2 is 2.00 bits per heavy atom. The van der Waals surface area contributed by atoms with Crippen LogP contribution in [-0.4, -0.2) is 29.1 Å². The topological polar surface area (TPSA) is 96.1 Å². The zero-order valence-corrected chi connectivity index (χ0v) is 15.4. The highest BCUT2D eigenvalue weighted by Crippen LogP contribution is 2.26. The van der Waals surface area contributed by atoms with Gasteiger partial charge in [0.15, 0.2) is 0 Å². The monoisotopic (exact) mass is 346 g/mol. The minimum Gasteiger partial charge on any atom is -0.453 e. The Hall–Kier alpha value is -2.57. The zero-order valence-electron chi connectivity index (χ0n) is 15.4. The van der Waals surface area contributed by atoms with Crippen molar-refractivity contribution in [2.24, 2.45) is 11.3 Å². The summed E-state index contributed by atoms with van der Waals surface area (Å²) in [5.74, 6) is 0.597. The SMILES string of the molecule is COC(=O)Nc1nc2ccc(NC(=O)CC(C)CC(C)(C)C)cc2[nH]1. The van der Waals surface area contributed by atoms with Crippen LogP contribution in [0.15, 0.2) is 18.2 Å². The number of ether oxygens (including phenoxy) is 1. The Labute approximate surface area is 147 Å². The number of nitrogens with one attached hydrogen (secondary N) is 3. The van der Waals surface area contributed by atoms with Crippen molar-refractivity contribution in [2.75, 3.05) is 17.7 Å². The summed E-state index contributed by atoms with van der Waals surface area (Å²) in [6.07, 6.45) is 0.871. The van der Waals surface area contributed by atoms with Gasteiger partial charge in [-0.1, -0.05) is 27.7 Å². The number of hydrogen-bond acceptors (Lipinski definition) is 4. The number of H-pyrrole nitrogens is 1. The second-order valence-corrected chi connectivity index (χ2v) is 7.56. The van der Waals surface area contributed by atoms with Crippen LogP contribution < -0.4 is 10.6 Å². The van der Waals surface area contributed by atoms with Crippen LogP contribution in [0.1, 0.15) is 40.5 Å². The fourth-order valence-electron chi connectivity index (χ4n) is 2.94. The van der Waals surface area contributed by atoms with Gasteiger partial charge in [0.05, 0.1) is 18.1 Å². The highest BCUT2D eigenvalue weighted by atomic mass is 16.5. The molecule has 136 valence electrons. The molecule has 0 spiro atoms. The third-order valence-corrected chi connectivity index (χ3v) is 3.67. The molecule has 0 aliphatic carbocycles. The molecule has 7 nitrogen and oxygen atoms in total. The quantitative estimate of drug-likeness (QED) is 0.758. The van der Waals surface area contributed by atoms with Crippen LogP contribution in [0.4, 0.5) is 16.4 Å². The van der Waals surface area contributed by atoms with Crippen molar-refractivity contribution >= 4 is 34.7 Å². The summed E-state index contributed by atoms with van der Waals surface area (Å²) in [6.45, 7) is 8.61. The highest BCUT2D eigenvalue weighted by molar-refractivity contribution is 5.94. The van der Waals surface area contributed by atoms with Gasteiger partial charge in [-0.25, -0.2) is 9.78 Å². The number of anilines is 2. The molecule has 3 N–H and O–H groups in total. The van der Waals surface area contributed by atoms with Gasteiger partial charge in [-0.05, 0) is 36.0 Å². The molecule has 2 rings (SSSR count). The van der Waals surface area contributed by atoms with E-state index in [1.807, 2.05) is 0 Å². The van der Waals surface area contributed by atoms with Gasteiger partial charge in [-0.2, -0.15) is 0 Å². The number of methoxy groups -OCH3 is 1. The molecule has 1 aromatic carbocycles. The zero-order chi connectivity index (χ0) is 18.6. The van der Waals surface area contributed by atoms with E-state index in [0.29, 0.717) is 35.0 Å².